The summed E-state index contributed by atoms with van der Waals surface area (Å²) in [6.07, 6.45) is 3.14. The van der Waals surface area contributed by atoms with Crippen LogP contribution in [0.25, 0.3) is 0 Å². The first-order chi connectivity index (χ1) is 24.2. The van der Waals surface area contributed by atoms with Gasteiger partial charge in [0.2, 0.25) is 0 Å². The molecule has 2 N–H and O–H groups in total. The lowest BCUT2D eigenvalue weighted by Gasteiger charge is -2.38. The molecule has 3 aliphatic heterocycles. The van der Waals surface area contributed by atoms with Crippen LogP contribution in [0.15, 0.2) is 88.6 Å². The number of nitrogens with one attached hydrogen (secondary N) is 1. The lowest BCUT2D eigenvalue weighted by atomic mass is 9.95. The van der Waals surface area contributed by atoms with Crippen molar-refractivity contribution in [1.29, 1.82) is 0 Å². The number of urea groups is 1. The fourth-order valence-corrected chi connectivity index (χ4v) is 7.08. The molecule has 7 rings (SSSR count). The summed E-state index contributed by atoms with van der Waals surface area (Å²) in [5.41, 5.74) is 1.33. The first-order valence-electron chi connectivity index (χ1n) is 15.5. The second kappa shape index (κ2) is 13.9. The van der Waals surface area contributed by atoms with Crippen molar-refractivity contribution in [2.45, 2.75) is 12.1 Å². The second-order valence-corrected chi connectivity index (χ2v) is 13.0. The highest BCUT2D eigenvalue weighted by Gasteiger charge is 2.42. The van der Waals surface area contributed by atoms with Crippen molar-refractivity contribution >= 4 is 52.6 Å². The topological polar surface area (TPSA) is 150 Å². The van der Waals surface area contributed by atoms with Crippen molar-refractivity contribution in [3.63, 3.8) is 0 Å². The standard InChI is InChI=1S/C34H29ClFN7O6S/c1-48-33(46)28-26(39-30(31-37-9-12-50-31)40-29(28)24-7-5-20(36)14-25(24)35)18-41-10-11-42-21(16-41)17-43(34(42)47)27-8-6-23(15-38-27)49-22-4-2-3-19(13-22)32(44)45/h2-9,12-15,21,29H,10-11,16-18H2,1H3,(H,39,40)(H,44,45). The predicted octanol–water partition coefficient (Wildman–Crippen LogP) is 4.97. The Hall–Kier alpha value is -5.38. The number of piperazine rings is 1. The van der Waals surface area contributed by atoms with Crippen molar-refractivity contribution in [1.82, 2.24) is 25.1 Å². The first-order valence-corrected chi connectivity index (χ1v) is 16.7. The van der Waals surface area contributed by atoms with Crippen molar-refractivity contribution < 1.29 is 33.4 Å². The lowest BCUT2D eigenvalue weighted by molar-refractivity contribution is -0.136. The van der Waals surface area contributed by atoms with Crippen LogP contribution in [-0.2, 0) is 9.53 Å². The number of hydrogen-bond donors (Lipinski definition) is 2. The third-order valence-corrected chi connectivity index (χ3v) is 9.66. The summed E-state index contributed by atoms with van der Waals surface area (Å²) in [6, 6.07) is 12.2. The molecule has 0 radical (unpaired) electrons. The molecule has 4 aromatic rings. The Morgan fingerprint density at radius 3 is 2.68 bits per heavy atom. The summed E-state index contributed by atoms with van der Waals surface area (Å²) in [5, 5.41) is 15.1. The number of methoxy groups -OCH3 is 1. The van der Waals surface area contributed by atoms with E-state index in [2.05, 4.69) is 20.2 Å². The molecule has 2 amide bonds. The van der Waals surface area contributed by atoms with E-state index in [1.807, 2.05) is 10.3 Å². The normalized spacial score (nSPS) is 19.2. The Balaban J connectivity index is 1.09. The molecule has 256 valence electrons. The average Bonchev–Trinajstić information content (AvgIpc) is 3.77. The molecule has 2 saturated heterocycles. The molecule has 16 heteroatoms. The number of aromatic carboxylic acids is 1. The number of carbonyl (C=O) groups is 3. The number of fused-ring (bicyclic) bond motifs is 1. The molecule has 2 unspecified atom stereocenters. The van der Waals surface area contributed by atoms with E-state index < -0.39 is 23.8 Å². The molecular weight excluding hydrogens is 689 g/mol. The van der Waals surface area contributed by atoms with Gasteiger partial charge >= 0.3 is 18.0 Å². The van der Waals surface area contributed by atoms with Gasteiger partial charge in [-0.05, 0) is 42.5 Å². The minimum absolute atomic E-state index is 0.0997. The number of esters is 1. The number of amides is 2. The quantitative estimate of drug-likeness (QED) is 0.228. The van der Waals surface area contributed by atoms with Crippen LogP contribution in [-0.4, -0.2) is 94.6 Å². The summed E-state index contributed by atoms with van der Waals surface area (Å²) in [4.78, 5) is 57.3. The molecule has 2 atom stereocenters. The van der Waals surface area contributed by atoms with Crippen molar-refractivity contribution in [2.75, 3.05) is 44.7 Å². The van der Waals surface area contributed by atoms with Crippen molar-refractivity contribution in [2.24, 2.45) is 4.99 Å². The zero-order valence-corrected chi connectivity index (χ0v) is 28.0. The smallest absolute Gasteiger partial charge is 0.338 e. The number of carboxylic acid groups (broad SMARTS) is 1. The maximum Gasteiger partial charge on any atom is 0.338 e. The van der Waals surface area contributed by atoms with Crippen LogP contribution in [0, 0.1) is 5.82 Å². The van der Waals surface area contributed by atoms with Gasteiger partial charge in [-0.25, -0.2) is 28.7 Å². The van der Waals surface area contributed by atoms with Gasteiger partial charge in [-0.1, -0.05) is 23.7 Å². The van der Waals surface area contributed by atoms with Crippen LogP contribution in [0.4, 0.5) is 15.0 Å². The predicted molar refractivity (Wildman–Crippen MR) is 182 cm³/mol. The fourth-order valence-electron chi connectivity index (χ4n) is 6.22. The number of thiazole rings is 1. The molecule has 5 heterocycles. The van der Waals surface area contributed by atoms with E-state index in [1.165, 1.54) is 55.0 Å². The van der Waals surface area contributed by atoms with Gasteiger partial charge < -0.3 is 24.8 Å². The summed E-state index contributed by atoms with van der Waals surface area (Å²) in [7, 11) is 1.29. The van der Waals surface area contributed by atoms with Crippen LogP contribution < -0.4 is 15.0 Å². The fraction of sp³-hybridized carbons (Fsp3) is 0.235. The van der Waals surface area contributed by atoms with Crippen molar-refractivity contribution in [3.05, 3.63) is 111 Å². The largest absolute Gasteiger partial charge is 0.478 e. The Bertz CT molecular complexity index is 2030. The molecule has 0 aliphatic carbocycles. The molecule has 3 aliphatic rings. The SMILES string of the molecule is COC(=O)C1=C(CN2CCN3C(=O)N(c4ccc(Oc5cccc(C(=O)O)c5)cn4)CC3C2)NC(c2nccs2)=NC1c1ccc(F)cc1Cl. The number of ether oxygens (including phenoxy) is 2. The van der Waals surface area contributed by atoms with Gasteiger partial charge in [0.25, 0.3) is 0 Å². The maximum absolute atomic E-state index is 14.0. The third kappa shape index (κ3) is 6.62. The number of carbonyl (C=O) groups excluding carboxylic acids is 2. The van der Waals surface area contributed by atoms with Gasteiger partial charge in [0.15, 0.2) is 10.8 Å². The number of nitrogens with zero attached hydrogens (tertiary/aromatic N) is 6. The van der Waals surface area contributed by atoms with E-state index in [4.69, 9.17) is 26.1 Å². The van der Waals surface area contributed by atoms with Gasteiger partial charge in [-0.3, -0.25) is 14.8 Å². The Kier molecular flexibility index (Phi) is 9.18. The van der Waals surface area contributed by atoms with Crippen molar-refractivity contribution in [3.8, 4) is 11.5 Å². The summed E-state index contributed by atoms with van der Waals surface area (Å²) in [6.45, 7) is 2.17. The van der Waals surface area contributed by atoms with E-state index in [1.54, 1.807) is 35.4 Å². The van der Waals surface area contributed by atoms with E-state index in [9.17, 15) is 23.9 Å². The van der Waals surface area contributed by atoms with Gasteiger partial charge in [-0.15, -0.1) is 11.3 Å². The van der Waals surface area contributed by atoms with E-state index in [0.717, 1.165) is 0 Å². The highest BCUT2D eigenvalue weighted by atomic mass is 35.5. The zero-order chi connectivity index (χ0) is 34.9. The number of halogens is 2. The summed E-state index contributed by atoms with van der Waals surface area (Å²) < 4.78 is 25.0. The van der Waals surface area contributed by atoms with E-state index in [-0.39, 0.29) is 28.2 Å². The van der Waals surface area contributed by atoms with E-state index >= 15 is 0 Å². The second-order valence-electron chi connectivity index (χ2n) is 11.7. The van der Waals surface area contributed by atoms with E-state index in [0.29, 0.717) is 72.1 Å². The Morgan fingerprint density at radius 1 is 1.10 bits per heavy atom. The monoisotopic (exact) mass is 717 g/mol. The first kappa shape index (κ1) is 33.1. The number of aliphatic imine (C=N–C) groups is 1. The zero-order valence-electron chi connectivity index (χ0n) is 26.5. The molecule has 50 heavy (non-hydrogen) atoms. The minimum Gasteiger partial charge on any atom is -0.478 e. The lowest BCUT2D eigenvalue weighted by Crippen LogP contribution is -2.53. The average molecular weight is 718 g/mol. The molecule has 2 fully saturated rings. The molecule has 2 aromatic carbocycles. The number of benzene rings is 2. The van der Waals surface area contributed by atoms with Gasteiger partial charge in [-0.2, -0.15) is 0 Å². The van der Waals surface area contributed by atoms with Crippen LogP contribution in [0.2, 0.25) is 5.02 Å². The number of anilines is 1. The molecule has 0 spiro atoms. The summed E-state index contributed by atoms with van der Waals surface area (Å²) >= 11 is 7.86. The van der Waals surface area contributed by atoms with Crippen LogP contribution in [0.1, 0.15) is 27.0 Å². The number of amidine groups is 1. The number of carboxylic acids is 1. The van der Waals surface area contributed by atoms with Gasteiger partial charge in [0.05, 0.1) is 37.0 Å². The maximum atomic E-state index is 14.0. The van der Waals surface area contributed by atoms with Gasteiger partial charge in [0.1, 0.15) is 29.2 Å². The molecular formula is C34H29ClFN7O6S. The highest BCUT2D eigenvalue weighted by molar-refractivity contribution is 7.11. The molecule has 0 saturated carbocycles. The Labute approximate surface area is 294 Å². The highest BCUT2D eigenvalue weighted by Crippen LogP contribution is 2.37. The number of aromatic nitrogens is 2. The van der Waals surface area contributed by atoms with Gasteiger partial charge in [0, 0.05) is 54.0 Å². The van der Waals surface area contributed by atoms with Crippen LogP contribution in [0.5, 0.6) is 11.5 Å². The Morgan fingerprint density at radius 2 is 1.96 bits per heavy atom. The summed E-state index contributed by atoms with van der Waals surface area (Å²) in [5.74, 6) is -0.533. The number of pyridine rings is 1. The number of hydrogen-bond acceptors (Lipinski definition) is 11. The molecule has 13 nitrogen and oxygen atoms in total. The minimum atomic E-state index is -1.06. The molecule has 2 aromatic heterocycles. The third-order valence-electron chi connectivity index (χ3n) is 8.56. The molecule has 0 bridgehead atoms. The van der Waals surface area contributed by atoms with Crippen LogP contribution >= 0.6 is 22.9 Å². The number of rotatable bonds is 9. The van der Waals surface area contributed by atoms with Crippen LogP contribution in [0.3, 0.4) is 0 Å².